The van der Waals surface area contributed by atoms with Gasteiger partial charge in [-0.2, -0.15) is 0 Å². The van der Waals surface area contributed by atoms with Crippen molar-refractivity contribution in [3.63, 3.8) is 0 Å². The minimum Gasteiger partial charge on any atom is -0.496 e. The number of carbonyl (C=O) groups excluding carboxylic acids is 2. The summed E-state index contributed by atoms with van der Waals surface area (Å²) < 4.78 is 32.2. The van der Waals surface area contributed by atoms with Gasteiger partial charge in [0.15, 0.2) is 0 Å². The van der Waals surface area contributed by atoms with Gasteiger partial charge < -0.3 is 10.1 Å². The molecule has 0 radical (unpaired) electrons. The molecule has 2 amide bonds. The number of nitrogens with zero attached hydrogens (tertiary/aromatic N) is 1. The zero-order chi connectivity index (χ0) is 21.3. The molecule has 0 unspecified atom stereocenters. The molecule has 0 aliphatic carbocycles. The van der Waals surface area contributed by atoms with Crippen LogP contribution < -0.4 is 10.1 Å². The molecule has 0 saturated carbocycles. The lowest BCUT2D eigenvalue weighted by Crippen LogP contribution is -2.45. The fourth-order valence-corrected chi connectivity index (χ4v) is 5.10. The van der Waals surface area contributed by atoms with E-state index in [1.54, 1.807) is 6.92 Å². The lowest BCUT2D eigenvalue weighted by atomic mass is 10.1. The van der Waals surface area contributed by atoms with Crippen LogP contribution in [0.1, 0.15) is 29.5 Å². The summed E-state index contributed by atoms with van der Waals surface area (Å²) in [5.41, 5.74) is 3.05. The molecule has 1 heterocycles. The van der Waals surface area contributed by atoms with Crippen molar-refractivity contribution in [2.75, 3.05) is 12.4 Å². The van der Waals surface area contributed by atoms with Gasteiger partial charge in [-0.25, -0.2) is 12.7 Å². The average Bonchev–Trinajstić information content (AvgIpc) is 3.07. The van der Waals surface area contributed by atoms with Crippen molar-refractivity contribution in [2.24, 2.45) is 0 Å². The average molecular weight is 416 g/mol. The Morgan fingerprint density at radius 3 is 2.48 bits per heavy atom. The van der Waals surface area contributed by atoms with Crippen LogP contribution in [0.2, 0.25) is 0 Å². The molecule has 1 fully saturated rings. The summed E-state index contributed by atoms with van der Waals surface area (Å²) in [5.74, 6) is -0.557. The van der Waals surface area contributed by atoms with Gasteiger partial charge in [0.05, 0.1) is 12.0 Å². The van der Waals surface area contributed by atoms with Gasteiger partial charge in [0.1, 0.15) is 11.8 Å². The van der Waals surface area contributed by atoms with Gasteiger partial charge >= 0.3 is 0 Å². The molecule has 2 aromatic rings. The highest BCUT2D eigenvalue weighted by Gasteiger charge is 2.44. The topological polar surface area (TPSA) is 92.8 Å². The summed E-state index contributed by atoms with van der Waals surface area (Å²) >= 11 is 0. The molecule has 8 heteroatoms. The quantitative estimate of drug-likeness (QED) is 0.809. The van der Waals surface area contributed by atoms with E-state index in [0.717, 1.165) is 11.1 Å². The zero-order valence-corrected chi connectivity index (χ0v) is 17.7. The third kappa shape index (κ3) is 3.98. The smallest absolute Gasteiger partial charge is 0.267 e. The number of sulfonamides is 1. The molecule has 1 atom stereocenters. The molecule has 3 rings (SSSR count). The number of anilines is 1. The lowest BCUT2D eigenvalue weighted by molar-refractivity contribution is -0.128. The Morgan fingerprint density at radius 1 is 1.10 bits per heavy atom. The first-order chi connectivity index (χ1) is 13.6. The van der Waals surface area contributed by atoms with Crippen molar-refractivity contribution in [3.8, 4) is 5.75 Å². The molecule has 0 aromatic heterocycles. The third-order valence-corrected chi connectivity index (χ3v) is 6.86. The second-order valence-electron chi connectivity index (χ2n) is 7.19. The summed E-state index contributed by atoms with van der Waals surface area (Å²) in [6, 6.07) is 8.89. The van der Waals surface area contributed by atoms with Crippen LogP contribution in [-0.2, 0) is 19.6 Å². The van der Waals surface area contributed by atoms with E-state index in [1.165, 1.54) is 25.3 Å². The molecule has 1 aliphatic heterocycles. The standard InChI is InChI=1S/C21H24N2O5S/c1-13-5-6-14(2)17(11-13)22-21(25)18-8-10-20(24)23(18)29(26,27)16-7-9-19(28-4)15(3)12-16/h5-7,9,11-12,18H,8,10H2,1-4H3,(H,22,25)/t18-/m0/s1. The monoisotopic (exact) mass is 416 g/mol. The predicted molar refractivity (Wildman–Crippen MR) is 109 cm³/mol. The molecular weight excluding hydrogens is 392 g/mol. The Kier molecular flexibility index (Phi) is 5.66. The molecular formula is C21H24N2O5S. The van der Waals surface area contributed by atoms with E-state index in [1.807, 2.05) is 32.0 Å². The van der Waals surface area contributed by atoms with Crippen LogP contribution in [0, 0.1) is 20.8 Å². The molecule has 7 nitrogen and oxygen atoms in total. The molecule has 1 saturated heterocycles. The SMILES string of the molecule is COc1ccc(S(=O)(=O)N2C(=O)CC[C@H]2C(=O)Nc2cc(C)ccc2C)cc1C. The third-order valence-electron chi connectivity index (χ3n) is 5.04. The number of carbonyl (C=O) groups is 2. The number of nitrogens with one attached hydrogen (secondary N) is 1. The molecule has 29 heavy (non-hydrogen) atoms. The van der Waals surface area contributed by atoms with Crippen LogP contribution in [0.25, 0.3) is 0 Å². The number of hydrogen-bond donors (Lipinski definition) is 1. The number of hydrogen-bond acceptors (Lipinski definition) is 5. The highest BCUT2D eigenvalue weighted by atomic mass is 32.2. The maximum Gasteiger partial charge on any atom is 0.267 e. The summed E-state index contributed by atoms with van der Waals surface area (Å²) in [5, 5.41) is 2.78. The van der Waals surface area contributed by atoms with Crippen molar-refractivity contribution < 1.29 is 22.7 Å². The molecule has 154 valence electrons. The fourth-order valence-electron chi connectivity index (χ4n) is 3.41. The number of rotatable bonds is 5. The van der Waals surface area contributed by atoms with Gasteiger partial charge in [-0.1, -0.05) is 12.1 Å². The van der Waals surface area contributed by atoms with E-state index in [4.69, 9.17) is 4.74 Å². The van der Waals surface area contributed by atoms with E-state index >= 15 is 0 Å². The summed E-state index contributed by atoms with van der Waals surface area (Å²) in [7, 11) is -2.68. The highest BCUT2D eigenvalue weighted by Crippen LogP contribution is 2.30. The minimum atomic E-state index is -4.17. The molecule has 0 bridgehead atoms. The Hall–Kier alpha value is -2.87. The van der Waals surface area contributed by atoms with Crippen molar-refractivity contribution in [2.45, 2.75) is 44.6 Å². The van der Waals surface area contributed by atoms with Crippen LogP contribution in [0.3, 0.4) is 0 Å². The Morgan fingerprint density at radius 2 is 1.83 bits per heavy atom. The first kappa shape index (κ1) is 20.9. The highest BCUT2D eigenvalue weighted by molar-refractivity contribution is 7.89. The number of ether oxygens (including phenoxy) is 1. The fraction of sp³-hybridized carbons (Fsp3) is 0.333. The van der Waals surface area contributed by atoms with Crippen LogP contribution in [-0.4, -0.2) is 37.7 Å². The number of methoxy groups -OCH3 is 1. The van der Waals surface area contributed by atoms with E-state index in [2.05, 4.69) is 5.32 Å². The van der Waals surface area contributed by atoms with Crippen LogP contribution in [0.5, 0.6) is 5.75 Å². The Labute approximate surface area is 170 Å². The summed E-state index contributed by atoms with van der Waals surface area (Å²) in [6.07, 6.45) is 0.142. The number of benzene rings is 2. The molecule has 1 N–H and O–H groups in total. The van der Waals surface area contributed by atoms with Crippen LogP contribution in [0.4, 0.5) is 5.69 Å². The number of amides is 2. The Balaban J connectivity index is 1.92. The first-order valence-electron chi connectivity index (χ1n) is 9.25. The largest absolute Gasteiger partial charge is 0.496 e. The van der Waals surface area contributed by atoms with Gasteiger partial charge in [-0.15, -0.1) is 0 Å². The minimum absolute atomic E-state index is 0.000741. The molecule has 0 spiro atoms. The van der Waals surface area contributed by atoms with Gasteiger partial charge in [0.2, 0.25) is 11.8 Å². The van der Waals surface area contributed by atoms with Gasteiger partial charge in [0.25, 0.3) is 10.0 Å². The molecule has 1 aliphatic rings. The normalized spacial score (nSPS) is 16.8. The summed E-state index contributed by atoms with van der Waals surface area (Å²) in [4.78, 5) is 25.3. The predicted octanol–water partition coefficient (Wildman–Crippen LogP) is 2.94. The number of aryl methyl sites for hydroxylation is 3. The maximum atomic E-state index is 13.2. The van der Waals surface area contributed by atoms with Crippen LogP contribution in [0.15, 0.2) is 41.3 Å². The van der Waals surface area contributed by atoms with Gasteiger partial charge in [-0.3, -0.25) is 9.59 Å². The van der Waals surface area contributed by atoms with Crippen molar-refractivity contribution in [3.05, 3.63) is 53.1 Å². The summed E-state index contributed by atoms with van der Waals surface area (Å²) in [6.45, 7) is 5.47. The second kappa shape index (κ2) is 7.87. The van der Waals surface area contributed by atoms with Gasteiger partial charge in [-0.05, 0) is 68.1 Å². The van der Waals surface area contributed by atoms with Crippen molar-refractivity contribution in [1.29, 1.82) is 0 Å². The van der Waals surface area contributed by atoms with Crippen molar-refractivity contribution >= 4 is 27.5 Å². The zero-order valence-electron chi connectivity index (χ0n) is 16.9. The second-order valence-corrected chi connectivity index (χ2v) is 9.00. The Bertz CT molecular complexity index is 1080. The van der Waals surface area contributed by atoms with E-state index < -0.39 is 27.9 Å². The molecule has 2 aromatic carbocycles. The van der Waals surface area contributed by atoms with Crippen molar-refractivity contribution in [1.82, 2.24) is 4.31 Å². The van der Waals surface area contributed by atoms with E-state index in [9.17, 15) is 18.0 Å². The lowest BCUT2D eigenvalue weighted by Gasteiger charge is -2.24. The van der Waals surface area contributed by atoms with E-state index in [-0.39, 0.29) is 17.7 Å². The van der Waals surface area contributed by atoms with Crippen LogP contribution >= 0.6 is 0 Å². The van der Waals surface area contributed by atoms with Gasteiger partial charge in [0, 0.05) is 12.1 Å². The first-order valence-corrected chi connectivity index (χ1v) is 10.7. The maximum absolute atomic E-state index is 13.2. The van der Waals surface area contributed by atoms with E-state index in [0.29, 0.717) is 21.3 Å².